The SMILES string of the molecule is ONCc1cccc(OCc2csc(-c3ccccc3)n2)c1. The predicted octanol–water partition coefficient (Wildman–Crippen LogP) is 3.87. The van der Waals surface area contributed by atoms with Crippen molar-refractivity contribution < 1.29 is 9.94 Å². The Hall–Kier alpha value is -2.21. The molecule has 0 aliphatic heterocycles. The highest BCUT2D eigenvalue weighted by Gasteiger charge is 2.05. The Morgan fingerprint density at radius 2 is 1.95 bits per heavy atom. The van der Waals surface area contributed by atoms with Gasteiger partial charge in [-0.1, -0.05) is 42.5 Å². The van der Waals surface area contributed by atoms with E-state index in [0.717, 1.165) is 27.6 Å². The standard InChI is InChI=1S/C17H16N2O2S/c20-18-10-13-5-4-8-16(9-13)21-11-15-12-22-17(19-15)14-6-2-1-3-7-14/h1-9,12,18,20H,10-11H2. The minimum absolute atomic E-state index is 0.395. The number of hydroxylamine groups is 1. The molecular formula is C17H16N2O2S. The molecule has 1 heterocycles. The van der Waals surface area contributed by atoms with Gasteiger partial charge in [-0.05, 0) is 17.7 Å². The number of ether oxygens (including phenoxy) is 1. The summed E-state index contributed by atoms with van der Waals surface area (Å²) >= 11 is 1.61. The van der Waals surface area contributed by atoms with Gasteiger partial charge in [0.15, 0.2) is 0 Å². The number of hydrogen-bond acceptors (Lipinski definition) is 5. The number of aromatic nitrogens is 1. The van der Waals surface area contributed by atoms with Crippen molar-refractivity contribution in [3.8, 4) is 16.3 Å². The fourth-order valence-electron chi connectivity index (χ4n) is 2.08. The van der Waals surface area contributed by atoms with Gasteiger partial charge in [0.25, 0.3) is 0 Å². The summed E-state index contributed by atoms with van der Waals surface area (Å²) in [4.78, 5) is 4.60. The number of nitrogens with zero attached hydrogens (tertiary/aromatic N) is 1. The summed E-state index contributed by atoms with van der Waals surface area (Å²) in [6.45, 7) is 0.825. The Kier molecular flexibility index (Phi) is 4.80. The second-order valence-corrected chi connectivity index (χ2v) is 5.64. The first-order chi connectivity index (χ1) is 10.8. The normalized spacial score (nSPS) is 10.6. The number of benzene rings is 2. The van der Waals surface area contributed by atoms with Crippen LogP contribution in [0, 0.1) is 0 Å². The van der Waals surface area contributed by atoms with E-state index in [1.807, 2.05) is 47.8 Å². The molecule has 0 unspecified atom stereocenters. The smallest absolute Gasteiger partial charge is 0.131 e. The Bertz CT molecular complexity index is 728. The number of rotatable bonds is 6. The van der Waals surface area contributed by atoms with Crippen molar-refractivity contribution in [2.75, 3.05) is 0 Å². The topological polar surface area (TPSA) is 54.4 Å². The van der Waals surface area contributed by atoms with Crippen LogP contribution in [0.25, 0.3) is 10.6 Å². The molecule has 0 atom stereocenters. The molecule has 0 saturated heterocycles. The second-order valence-electron chi connectivity index (χ2n) is 4.78. The van der Waals surface area contributed by atoms with Crippen LogP contribution in [0.4, 0.5) is 0 Å². The average molecular weight is 312 g/mol. The maximum Gasteiger partial charge on any atom is 0.131 e. The molecule has 4 nitrogen and oxygen atoms in total. The highest BCUT2D eigenvalue weighted by molar-refractivity contribution is 7.13. The van der Waals surface area contributed by atoms with E-state index in [9.17, 15) is 0 Å². The summed E-state index contributed by atoms with van der Waals surface area (Å²) in [5.74, 6) is 0.766. The summed E-state index contributed by atoms with van der Waals surface area (Å²) in [5, 5.41) is 11.7. The monoisotopic (exact) mass is 312 g/mol. The van der Waals surface area contributed by atoms with E-state index in [2.05, 4.69) is 22.6 Å². The molecule has 0 aliphatic rings. The van der Waals surface area contributed by atoms with Gasteiger partial charge in [-0.2, -0.15) is 0 Å². The van der Waals surface area contributed by atoms with Crippen LogP contribution in [0.2, 0.25) is 0 Å². The second kappa shape index (κ2) is 7.17. The molecule has 2 N–H and O–H groups in total. The molecule has 1 aromatic heterocycles. The van der Waals surface area contributed by atoms with Crippen molar-refractivity contribution in [3.63, 3.8) is 0 Å². The lowest BCUT2D eigenvalue weighted by Gasteiger charge is -2.06. The van der Waals surface area contributed by atoms with Gasteiger partial charge in [0.05, 0.1) is 5.69 Å². The Morgan fingerprint density at radius 3 is 2.77 bits per heavy atom. The molecule has 3 rings (SSSR count). The lowest BCUT2D eigenvalue weighted by Crippen LogP contribution is -2.06. The van der Waals surface area contributed by atoms with Crippen LogP contribution in [-0.2, 0) is 13.2 Å². The summed E-state index contributed by atoms with van der Waals surface area (Å²) in [5.41, 5.74) is 5.13. The molecular weight excluding hydrogens is 296 g/mol. The van der Waals surface area contributed by atoms with Crippen molar-refractivity contribution in [2.45, 2.75) is 13.2 Å². The molecule has 0 spiro atoms. The first kappa shape index (κ1) is 14.7. The quantitative estimate of drug-likeness (QED) is 0.679. The van der Waals surface area contributed by atoms with E-state index in [1.54, 1.807) is 11.3 Å². The van der Waals surface area contributed by atoms with Gasteiger partial charge in [0, 0.05) is 17.5 Å². The van der Waals surface area contributed by atoms with Crippen LogP contribution in [0.3, 0.4) is 0 Å². The first-order valence-corrected chi connectivity index (χ1v) is 7.81. The molecule has 112 valence electrons. The first-order valence-electron chi connectivity index (χ1n) is 6.93. The lowest BCUT2D eigenvalue weighted by atomic mass is 10.2. The third kappa shape index (κ3) is 3.71. The van der Waals surface area contributed by atoms with Crippen LogP contribution in [0.5, 0.6) is 5.75 Å². The van der Waals surface area contributed by atoms with Gasteiger partial charge in [0.1, 0.15) is 17.4 Å². The van der Waals surface area contributed by atoms with Crippen LogP contribution >= 0.6 is 11.3 Å². The lowest BCUT2D eigenvalue weighted by molar-refractivity contribution is 0.161. The minimum atomic E-state index is 0.395. The fraction of sp³-hybridized carbons (Fsp3) is 0.118. The molecule has 0 amide bonds. The van der Waals surface area contributed by atoms with Crippen LogP contribution < -0.4 is 10.2 Å². The molecule has 0 saturated carbocycles. The molecule has 0 radical (unpaired) electrons. The van der Waals surface area contributed by atoms with Crippen LogP contribution in [-0.4, -0.2) is 10.2 Å². The number of nitrogens with one attached hydrogen (secondary N) is 1. The number of hydrogen-bond donors (Lipinski definition) is 2. The fourth-order valence-corrected chi connectivity index (χ4v) is 2.89. The summed E-state index contributed by atoms with van der Waals surface area (Å²) < 4.78 is 5.76. The van der Waals surface area contributed by atoms with Gasteiger partial charge < -0.3 is 9.94 Å². The third-order valence-corrected chi connectivity index (χ3v) is 4.08. The van der Waals surface area contributed by atoms with E-state index in [4.69, 9.17) is 9.94 Å². The van der Waals surface area contributed by atoms with Crippen molar-refractivity contribution in [1.82, 2.24) is 10.5 Å². The van der Waals surface area contributed by atoms with E-state index >= 15 is 0 Å². The largest absolute Gasteiger partial charge is 0.487 e. The molecule has 0 aliphatic carbocycles. The van der Waals surface area contributed by atoms with E-state index in [1.165, 1.54) is 0 Å². The summed E-state index contributed by atoms with van der Waals surface area (Å²) in [6.07, 6.45) is 0. The highest BCUT2D eigenvalue weighted by Crippen LogP contribution is 2.24. The molecule has 5 heteroatoms. The summed E-state index contributed by atoms with van der Waals surface area (Å²) in [7, 11) is 0. The zero-order chi connectivity index (χ0) is 15.2. The molecule has 3 aromatic rings. The molecule has 2 aromatic carbocycles. The van der Waals surface area contributed by atoms with E-state index < -0.39 is 0 Å². The third-order valence-electron chi connectivity index (χ3n) is 3.14. The summed E-state index contributed by atoms with van der Waals surface area (Å²) in [6, 6.07) is 17.7. The molecule has 0 bridgehead atoms. The molecule has 0 fully saturated rings. The van der Waals surface area contributed by atoms with Crippen LogP contribution in [0.1, 0.15) is 11.3 Å². The zero-order valence-corrected chi connectivity index (χ0v) is 12.7. The van der Waals surface area contributed by atoms with Crippen molar-refractivity contribution >= 4 is 11.3 Å². The molecule has 22 heavy (non-hydrogen) atoms. The van der Waals surface area contributed by atoms with Crippen molar-refractivity contribution in [3.05, 3.63) is 71.2 Å². The Labute approximate surface area is 133 Å². The minimum Gasteiger partial charge on any atom is -0.487 e. The van der Waals surface area contributed by atoms with Gasteiger partial charge in [-0.3, -0.25) is 0 Å². The van der Waals surface area contributed by atoms with Crippen LogP contribution in [0.15, 0.2) is 60.0 Å². The number of thiazole rings is 1. The maximum atomic E-state index is 8.73. The maximum absolute atomic E-state index is 8.73. The predicted molar refractivity (Wildman–Crippen MR) is 87.0 cm³/mol. The Morgan fingerprint density at radius 1 is 1.09 bits per heavy atom. The van der Waals surface area contributed by atoms with E-state index in [-0.39, 0.29) is 0 Å². The van der Waals surface area contributed by atoms with Crippen molar-refractivity contribution in [2.24, 2.45) is 0 Å². The van der Waals surface area contributed by atoms with E-state index in [0.29, 0.717) is 13.2 Å². The van der Waals surface area contributed by atoms with Crippen molar-refractivity contribution in [1.29, 1.82) is 0 Å². The zero-order valence-electron chi connectivity index (χ0n) is 11.9. The average Bonchev–Trinajstić information content (AvgIpc) is 3.04. The van der Waals surface area contributed by atoms with Gasteiger partial charge in [0.2, 0.25) is 0 Å². The van der Waals surface area contributed by atoms with Gasteiger partial charge in [-0.25, -0.2) is 10.5 Å². The highest BCUT2D eigenvalue weighted by atomic mass is 32.1. The van der Waals surface area contributed by atoms with Gasteiger partial charge >= 0.3 is 0 Å². The Balaban J connectivity index is 1.65. The van der Waals surface area contributed by atoms with Gasteiger partial charge in [-0.15, -0.1) is 11.3 Å².